The lowest BCUT2D eigenvalue weighted by molar-refractivity contribution is 0.571. The van der Waals surface area contributed by atoms with Crippen LogP contribution in [0.2, 0.25) is 10.0 Å². The highest BCUT2D eigenvalue weighted by Crippen LogP contribution is 2.25. The lowest BCUT2D eigenvalue weighted by atomic mass is 10.1. The van der Waals surface area contributed by atoms with Gasteiger partial charge in [-0.25, -0.2) is 0 Å². The van der Waals surface area contributed by atoms with Crippen LogP contribution in [0.4, 0.5) is 0 Å². The van der Waals surface area contributed by atoms with E-state index in [0.29, 0.717) is 16.1 Å². The SMILES string of the molecule is CCCN[C@@H](C)c1ccc(Cl)c(Cl)c1. The number of nitrogens with one attached hydrogen (secondary N) is 1. The standard InChI is InChI=1S/C11H15Cl2N/c1-3-6-14-8(2)9-4-5-10(12)11(13)7-9/h4-5,7-8,14H,3,6H2,1-2H3/t8-/m0/s1. The van der Waals surface area contributed by atoms with Gasteiger partial charge in [0.15, 0.2) is 0 Å². The second-order valence-corrected chi connectivity index (χ2v) is 4.16. The van der Waals surface area contributed by atoms with Crippen molar-refractivity contribution in [1.82, 2.24) is 5.32 Å². The van der Waals surface area contributed by atoms with Crippen molar-refractivity contribution < 1.29 is 0 Å². The molecule has 1 atom stereocenters. The average Bonchev–Trinajstić information content (AvgIpc) is 2.18. The van der Waals surface area contributed by atoms with Crippen molar-refractivity contribution in [3.63, 3.8) is 0 Å². The molecule has 1 N–H and O–H groups in total. The summed E-state index contributed by atoms with van der Waals surface area (Å²) in [5.41, 5.74) is 1.17. The Morgan fingerprint density at radius 1 is 1.29 bits per heavy atom. The summed E-state index contributed by atoms with van der Waals surface area (Å²) in [6, 6.07) is 6.08. The fraction of sp³-hybridized carbons (Fsp3) is 0.455. The van der Waals surface area contributed by atoms with Crippen molar-refractivity contribution in [2.24, 2.45) is 0 Å². The minimum Gasteiger partial charge on any atom is -0.310 e. The maximum Gasteiger partial charge on any atom is 0.0595 e. The van der Waals surface area contributed by atoms with E-state index in [1.54, 1.807) is 0 Å². The number of rotatable bonds is 4. The third-order valence-electron chi connectivity index (χ3n) is 2.14. The van der Waals surface area contributed by atoms with Gasteiger partial charge >= 0.3 is 0 Å². The second-order valence-electron chi connectivity index (χ2n) is 3.35. The summed E-state index contributed by atoms with van der Waals surface area (Å²) in [6.45, 7) is 5.28. The molecular weight excluding hydrogens is 217 g/mol. The second kappa shape index (κ2) is 5.59. The van der Waals surface area contributed by atoms with E-state index in [0.717, 1.165) is 13.0 Å². The Kier molecular flexibility index (Phi) is 4.73. The van der Waals surface area contributed by atoms with Crippen LogP contribution in [-0.2, 0) is 0 Å². The molecule has 0 fully saturated rings. The zero-order valence-electron chi connectivity index (χ0n) is 8.48. The van der Waals surface area contributed by atoms with E-state index in [9.17, 15) is 0 Å². The molecule has 0 aliphatic heterocycles. The van der Waals surface area contributed by atoms with Crippen LogP contribution in [0.3, 0.4) is 0 Å². The van der Waals surface area contributed by atoms with Gasteiger partial charge < -0.3 is 5.32 Å². The Labute approximate surface area is 95.4 Å². The summed E-state index contributed by atoms with van der Waals surface area (Å²) in [5.74, 6) is 0. The molecule has 0 unspecified atom stereocenters. The molecule has 0 amide bonds. The molecule has 0 heterocycles. The first kappa shape index (κ1) is 11.8. The van der Waals surface area contributed by atoms with E-state index >= 15 is 0 Å². The van der Waals surface area contributed by atoms with Gasteiger partial charge in [-0.05, 0) is 37.6 Å². The summed E-state index contributed by atoms with van der Waals surface area (Å²) in [7, 11) is 0. The monoisotopic (exact) mass is 231 g/mol. The molecule has 0 radical (unpaired) electrons. The Balaban J connectivity index is 2.70. The summed E-state index contributed by atoms with van der Waals surface area (Å²) in [4.78, 5) is 0. The largest absolute Gasteiger partial charge is 0.310 e. The van der Waals surface area contributed by atoms with E-state index in [1.807, 2.05) is 18.2 Å². The highest BCUT2D eigenvalue weighted by atomic mass is 35.5. The number of benzene rings is 1. The predicted octanol–water partition coefficient (Wildman–Crippen LogP) is 4.05. The number of hydrogen-bond acceptors (Lipinski definition) is 1. The smallest absolute Gasteiger partial charge is 0.0595 e. The van der Waals surface area contributed by atoms with Gasteiger partial charge in [0, 0.05) is 6.04 Å². The molecule has 0 aliphatic carbocycles. The van der Waals surface area contributed by atoms with Crippen LogP contribution in [0.5, 0.6) is 0 Å². The Hall–Kier alpha value is -0.240. The molecule has 1 rings (SSSR count). The minimum atomic E-state index is 0.324. The van der Waals surface area contributed by atoms with Gasteiger partial charge in [-0.1, -0.05) is 36.2 Å². The van der Waals surface area contributed by atoms with Crippen LogP contribution in [0.25, 0.3) is 0 Å². The van der Waals surface area contributed by atoms with Crippen molar-refractivity contribution in [2.45, 2.75) is 26.3 Å². The molecule has 0 spiro atoms. The fourth-order valence-electron chi connectivity index (χ4n) is 1.26. The van der Waals surface area contributed by atoms with Crippen LogP contribution in [0.1, 0.15) is 31.9 Å². The molecule has 3 heteroatoms. The normalized spacial score (nSPS) is 12.9. The summed E-state index contributed by atoms with van der Waals surface area (Å²) >= 11 is 11.8. The van der Waals surface area contributed by atoms with Crippen LogP contribution < -0.4 is 5.32 Å². The molecule has 1 nitrogen and oxygen atoms in total. The van der Waals surface area contributed by atoms with Crippen LogP contribution in [-0.4, -0.2) is 6.54 Å². The quantitative estimate of drug-likeness (QED) is 0.825. The number of hydrogen-bond donors (Lipinski definition) is 1. The molecule has 1 aromatic carbocycles. The lowest BCUT2D eigenvalue weighted by Gasteiger charge is -2.14. The first-order valence-corrected chi connectivity index (χ1v) is 5.59. The lowest BCUT2D eigenvalue weighted by Crippen LogP contribution is -2.19. The molecule has 0 aliphatic rings. The summed E-state index contributed by atoms with van der Waals surface area (Å²) < 4.78 is 0. The highest BCUT2D eigenvalue weighted by molar-refractivity contribution is 6.42. The fourth-order valence-corrected chi connectivity index (χ4v) is 1.57. The zero-order chi connectivity index (χ0) is 10.6. The van der Waals surface area contributed by atoms with Crippen LogP contribution in [0.15, 0.2) is 18.2 Å². The van der Waals surface area contributed by atoms with Crippen molar-refractivity contribution in [1.29, 1.82) is 0 Å². The predicted molar refractivity (Wildman–Crippen MR) is 63.2 cm³/mol. The van der Waals surface area contributed by atoms with Gasteiger partial charge in [0.05, 0.1) is 10.0 Å². The van der Waals surface area contributed by atoms with Gasteiger partial charge in [-0.2, -0.15) is 0 Å². The van der Waals surface area contributed by atoms with E-state index in [4.69, 9.17) is 23.2 Å². The van der Waals surface area contributed by atoms with Gasteiger partial charge in [-0.3, -0.25) is 0 Å². The minimum absolute atomic E-state index is 0.324. The zero-order valence-corrected chi connectivity index (χ0v) is 9.99. The van der Waals surface area contributed by atoms with Crippen molar-refractivity contribution in [3.05, 3.63) is 33.8 Å². The van der Waals surface area contributed by atoms with Gasteiger partial charge in [0.25, 0.3) is 0 Å². The molecule has 14 heavy (non-hydrogen) atoms. The van der Waals surface area contributed by atoms with Crippen molar-refractivity contribution in [2.75, 3.05) is 6.54 Å². The van der Waals surface area contributed by atoms with Gasteiger partial charge in [0.1, 0.15) is 0 Å². The molecular formula is C11H15Cl2N. The molecule has 0 saturated heterocycles. The van der Waals surface area contributed by atoms with E-state index in [-0.39, 0.29) is 0 Å². The van der Waals surface area contributed by atoms with Crippen molar-refractivity contribution >= 4 is 23.2 Å². The highest BCUT2D eigenvalue weighted by Gasteiger charge is 2.05. The van der Waals surface area contributed by atoms with Crippen LogP contribution in [0, 0.1) is 0 Å². The number of halogens is 2. The maximum absolute atomic E-state index is 5.93. The Bertz CT molecular complexity index is 299. The topological polar surface area (TPSA) is 12.0 Å². The average molecular weight is 232 g/mol. The first-order chi connectivity index (χ1) is 6.65. The Morgan fingerprint density at radius 2 is 2.00 bits per heavy atom. The summed E-state index contributed by atoms with van der Waals surface area (Å²) in [6.07, 6.45) is 1.13. The molecule has 0 aromatic heterocycles. The van der Waals surface area contributed by atoms with E-state index in [2.05, 4.69) is 19.2 Å². The summed E-state index contributed by atoms with van der Waals surface area (Å²) in [5, 5.41) is 4.62. The third kappa shape index (κ3) is 3.16. The van der Waals surface area contributed by atoms with E-state index < -0.39 is 0 Å². The van der Waals surface area contributed by atoms with Gasteiger partial charge in [0.2, 0.25) is 0 Å². The molecule has 0 saturated carbocycles. The molecule has 1 aromatic rings. The molecule has 78 valence electrons. The van der Waals surface area contributed by atoms with Crippen molar-refractivity contribution in [3.8, 4) is 0 Å². The third-order valence-corrected chi connectivity index (χ3v) is 2.88. The van der Waals surface area contributed by atoms with E-state index in [1.165, 1.54) is 5.56 Å². The van der Waals surface area contributed by atoms with Gasteiger partial charge in [-0.15, -0.1) is 0 Å². The first-order valence-electron chi connectivity index (χ1n) is 4.83. The molecule has 0 bridgehead atoms. The maximum atomic E-state index is 5.93. The Morgan fingerprint density at radius 3 is 2.57 bits per heavy atom. The van der Waals surface area contributed by atoms with Crippen LogP contribution >= 0.6 is 23.2 Å².